The van der Waals surface area contributed by atoms with Gasteiger partial charge in [0.25, 0.3) is 0 Å². The van der Waals surface area contributed by atoms with Crippen molar-refractivity contribution in [3.63, 3.8) is 0 Å². The highest BCUT2D eigenvalue weighted by Gasteiger charge is 2.26. The molecular formula is C17H24BrNO. The van der Waals surface area contributed by atoms with Crippen molar-refractivity contribution in [3.05, 3.63) is 35.4 Å². The predicted molar refractivity (Wildman–Crippen MR) is 87.2 cm³/mol. The molecule has 1 unspecified atom stereocenters. The van der Waals surface area contributed by atoms with Gasteiger partial charge in [-0.05, 0) is 43.2 Å². The van der Waals surface area contributed by atoms with Crippen molar-refractivity contribution < 1.29 is 4.79 Å². The van der Waals surface area contributed by atoms with Crippen molar-refractivity contribution in [3.8, 4) is 0 Å². The number of aryl methyl sites for hydroxylation is 1. The summed E-state index contributed by atoms with van der Waals surface area (Å²) in [4.78, 5) is 14.4. The summed E-state index contributed by atoms with van der Waals surface area (Å²) in [6.45, 7) is 0.893. The van der Waals surface area contributed by atoms with Crippen LogP contribution in [0, 0.1) is 5.92 Å². The molecule has 1 amide bonds. The lowest BCUT2D eigenvalue weighted by Gasteiger charge is -2.28. The maximum atomic E-state index is 12.5. The number of alkyl halides is 1. The standard InChI is InChI=1S/C17H24BrNO/c1-19(12-6-2-5-11-18)17(20)16-10-9-14-7-3-4-8-15(14)13-16/h3-4,7-8,16H,2,5-6,9-13H2,1H3. The van der Waals surface area contributed by atoms with E-state index in [2.05, 4.69) is 40.2 Å². The fourth-order valence-corrected chi connectivity index (χ4v) is 3.35. The van der Waals surface area contributed by atoms with Crippen LogP contribution >= 0.6 is 15.9 Å². The number of benzene rings is 1. The van der Waals surface area contributed by atoms with Crippen LogP contribution in [0.2, 0.25) is 0 Å². The Kier molecular flexibility index (Phi) is 6.08. The Morgan fingerprint density at radius 3 is 2.75 bits per heavy atom. The van der Waals surface area contributed by atoms with E-state index in [-0.39, 0.29) is 5.92 Å². The smallest absolute Gasteiger partial charge is 0.225 e. The maximum absolute atomic E-state index is 12.5. The molecule has 0 fully saturated rings. The number of unbranched alkanes of at least 4 members (excludes halogenated alkanes) is 2. The normalized spacial score (nSPS) is 17.6. The zero-order valence-electron chi connectivity index (χ0n) is 12.3. The summed E-state index contributed by atoms with van der Waals surface area (Å²) in [5.41, 5.74) is 2.79. The first kappa shape index (κ1) is 15.6. The van der Waals surface area contributed by atoms with E-state index in [1.165, 1.54) is 24.0 Å². The second-order valence-corrected chi connectivity index (χ2v) is 6.51. The van der Waals surface area contributed by atoms with Gasteiger partial charge < -0.3 is 4.90 Å². The first-order valence-corrected chi connectivity index (χ1v) is 8.72. The molecule has 1 aliphatic rings. The molecular weight excluding hydrogens is 314 g/mol. The van der Waals surface area contributed by atoms with Crippen LogP contribution in [0.15, 0.2) is 24.3 Å². The van der Waals surface area contributed by atoms with Crippen LogP contribution in [-0.4, -0.2) is 29.7 Å². The molecule has 1 aromatic rings. The van der Waals surface area contributed by atoms with Gasteiger partial charge in [-0.25, -0.2) is 0 Å². The Hall–Kier alpha value is -0.830. The Balaban J connectivity index is 1.84. The van der Waals surface area contributed by atoms with Gasteiger partial charge >= 0.3 is 0 Å². The summed E-state index contributed by atoms with van der Waals surface area (Å²) in [5, 5.41) is 1.06. The van der Waals surface area contributed by atoms with E-state index in [9.17, 15) is 4.79 Å². The number of amides is 1. The molecule has 1 aromatic carbocycles. The fourth-order valence-electron chi connectivity index (χ4n) is 2.95. The second-order valence-electron chi connectivity index (χ2n) is 5.72. The molecule has 1 atom stereocenters. The Bertz CT molecular complexity index is 446. The molecule has 0 radical (unpaired) electrons. The lowest BCUT2D eigenvalue weighted by atomic mass is 9.83. The summed E-state index contributed by atoms with van der Waals surface area (Å²) in [5.74, 6) is 0.518. The molecule has 2 nitrogen and oxygen atoms in total. The van der Waals surface area contributed by atoms with Crippen LogP contribution in [0.4, 0.5) is 0 Å². The first-order chi connectivity index (χ1) is 9.72. The van der Waals surface area contributed by atoms with Crippen LogP contribution in [0.25, 0.3) is 0 Å². The molecule has 110 valence electrons. The van der Waals surface area contributed by atoms with E-state index >= 15 is 0 Å². The minimum absolute atomic E-state index is 0.186. The molecule has 0 saturated carbocycles. The van der Waals surface area contributed by atoms with Crippen LogP contribution < -0.4 is 0 Å². The second kappa shape index (κ2) is 7.82. The number of fused-ring (bicyclic) bond motifs is 1. The average Bonchev–Trinajstić information content (AvgIpc) is 2.50. The minimum Gasteiger partial charge on any atom is -0.346 e. The quantitative estimate of drug-likeness (QED) is 0.570. The highest BCUT2D eigenvalue weighted by atomic mass is 79.9. The largest absolute Gasteiger partial charge is 0.346 e. The molecule has 0 aliphatic heterocycles. The minimum atomic E-state index is 0.186. The fraction of sp³-hybridized carbons (Fsp3) is 0.588. The Morgan fingerprint density at radius 2 is 2.00 bits per heavy atom. The van der Waals surface area contributed by atoms with E-state index < -0.39 is 0 Å². The van der Waals surface area contributed by atoms with Gasteiger partial charge in [0.15, 0.2) is 0 Å². The number of hydrogen-bond acceptors (Lipinski definition) is 1. The zero-order chi connectivity index (χ0) is 14.4. The number of nitrogens with zero attached hydrogens (tertiary/aromatic N) is 1. The van der Waals surface area contributed by atoms with Gasteiger partial charge in [0, 0.05) is 24.8 Å². The molecule has 20 heavy (non-hydrogen) atoms. The van der Waals surface area contributed by atoms with Crippen molar-refractivity contribution in [2.24, 2.45) is 5.92 Å². The van der Waals surface area contributed by atoms with E-state index in [0.717, 1.165) is 37.6 Å². The maximum Gasteiger partial charge on any atom is 0.225 e. The van der Waals surface area contributed by atoms with Gasteiger partial charge in [-0.2, -0.15) is 0 Å². The number of carbonyl (C=O) groups is 1. The third-order valence-electron chi connectivity index (χ3n) is 4.20. The number of rotatable bonds is 6. The molecule has 0 spiro atoms. The van der Waals surface area contributed by atoms with Crippen molar-refractivity contribution >= 4 is 21.8 Å². The molecule has 0 aromatic heterocycles. The van der Waals surface area contributed by atoms with Crippen molar-refractivity contribution in [2.45, 2.75) is 38.5 Å². The third kappa shape index (κ3) is 4.08. The van der Waals surface area contributed by atoms with Crippen LogP contribution in [0.3, 0.4) is 0 Å². The van der Waals surface area contributed by atoms with Gasteiger partial charge in [0.2, 0.25) is 5.91 Å². The number of halogens is 1. The molecule has 0 bridgehead atoms. The van der Waals surface area contributed by atoms with Crippen LogP contribution in [0.1, 0.15) is 36.8 Å². The van der Waals surface area contributed by atoms with E-state index in [4.69, 9.17) is 0 Å². The topological polar surface area (TPSA) is 20.3 Å². The van der Waals surface area contributed by atoms with Gasteiger partial charge in [0.05, 0.1) is 0 Å². The summed E-state index contributed by atoms with van der Waals surface area (Å²) in [6, 6.07) is 8.54. The van der Waals surface area contributed by atoms with Crippen molar-refractivity contribution in [1.29, 1.82) is 0 Å². The van der Waals surface area contributed by atoms with Crippen molar-refractivity contribution in [1.82, 2.24) is 4.90 Å². The highest BCUT2D eigenvalue weighted by molar-refractivity contribution is 9.09. The monoisotopic (exact) mass is 337 g/mol. The summed E-state index contributed by atoms with van der Waals surface area (Å²) in [6.07, 6.45) is 6.46. The van der Waals surface area contributed by atoms with Gasteiger partial charge in [-0.15, -0.1) is 0 Å². The molecule has 1 aliphatic carbocycles. The molecule has 0 saturated heterocycles. The lowest BCUT2D eigenvalue weighted by molar-refractivity contribution is -0.134. The summed E-state index contributed by atoms with van der Waals surface area (Å²) >= 11 is 3.44. The molecule has 0 heterocycles. The van der Waals surface area contributed by atoms with E-state index in [1.54, 1.807) is 0 Å². The van der Waals surface area contributed by atoms with Crippen LogP contribution in [0.5, 0.6) is 0 Å². The first-order valence-electron chi connectivity index (χ1n) is 7.60. The average molecular weight is 338 g/mol. The summed E-state index contributed by atoms with van der Waals surface area (Å²) in [7, 11) is 1.96. The highest BCUT2D eigenvalue weighted by Crippen LogP contribution is 2.26. The Labute approximate surface area is 130 Å². The molecule has 2 rings (SSSR count). The van der Waals surface area contributed by atoms with E-state index in [0.29, 0.717) is 5.91 Å². The zero-order valence-corrected chi connectivity index (χ0v) is 13.9. The molecule has 0 N–H and O–H groups in total. The molecule has 3 heteroatoms. The van der Waals surface area contributed by atoms with Crippen molar-refractivity contribution in [2.75, 3.05) is 18.9 Å². The third-order valence-corrected chi connectivity index (χ3v) is 4.76. The Morgan fingerprint density at radius 1 is 1.25 bits per heavy atom. The van der Waals surface area contributed by atoms with Gasteiger partial charge in [-0.1, -0.05) is 46.6 Å². The van der Waals surface area contributed by atoms with Gasteiger partial charge in [-0.3, -0.25) is 4.79 Å². The summed E-state index contributed by atoms with van der Waals surface area (Å²) < 4.78 is 0. The predicted octanol–water partition coefficient (Wildman–Crippen LogP) is 3.82. The number of hydrogen-bond donors (Lipinski definition) is 0. The SMILES string of the molecule is CN(CCCCCBr)C(=O)C1CCc2ccccc2C1. The number of carbonyl (C=O) groups excluding carboxylic acids is 1. The lowest BCUT2D eigenvalue weighted by Crippen LogP contribution is -2.36. The van der Waals surface area contributed by atoms with E-state index in [1.807, 2.05) is 11.9 Å². The van der Waals surface area contributed by atoms with Crippen LogP contribution in [-0.2, 0) is 17.6 Å². The van der Waals surface area contributed by atoms with Gasteiger partial charge in [0.1, 0.15) is 0 Å².